The van der Waals surface area contributed by atoms with Crippen LogP contribution in [0.4, 0.5) is 10.7 Å². The molecule has 116 valence electrons. The minimum Gasteiger partial charge on any atom is -0.397 e. The van der Waals surface area contributed by atoms with Crippen molar-refractivity contribution in [3.63, 3.8) is 0 Å². The number of hydrogen-bond acceptors (Lipinski definition) is 5. The minimum absolute atomic E-state index is 0.0741. The zero-order chi connectivity index (χ0) is 15.0. The number of carbonyl (C=O) groups excluding carboxylic acids is 1. The van der Waals surface area contributed by atoms with Gasteiger partial charge in [-0.15, -0.1) is 11.3 Å². The van der Waals surface area contributed by atoms with Crippen molar-refractivity contribution in [1.29, 1.82) is 0 Å². The molecule has 2 bridgehead atoms. The predicted octanol–water partition coefficient (Wildman–Crippen LogP) is 1.96. The van der Waals surface area contributed by atoms with Gasteiger partial charge in [0.2, 0.25) is 0 Å². The molecule has 2 aliphatic heterocycles. The Hall–Kier alpha value is -1.27. The molecule has 2 atom stereocenters. The molecule has 0 radical (unpaired) electrons. The summed E-state index contributed by atoms with van der Waals surface area (Å²) in [5, 5.41) is 13.8. The van der Waals surface area contributed by atoms with Crippen molar-refractivity contribution in [1.82, 2.24) is 5.32 Å². The molecule has 4 N–H and O–H groups in total. The van der Waals surface area contributed by atoms with E-state index in [4.69, 9.17) is 5.73 Å². The molecular weight excluding hydrogens is 286 g/mol. The number of amides is 1. The first-order valence-electron chi connectivity index (χ1n) is 7.74. The maximum absolute atomic E-state index is 12.1. The molecule has 0 aromatic carbocycles. The van der Waals surface area contributed by atoms with Gasteiger partial charge in [-0.2, -0.15) is 0 Å². The zero-order valence-corrected chi connectivity index (χ0v) is 13.2. The molecule has 2 unspecified atom stereocenters. The van der Waals surface area contributed by atoms with Gasteiger partial charge in [-0.05, 0) is 38.2 Å². The summed E-state index contributed by atoms with van der Waals surface area (Å²) in [6.45, 7) is 2.70. The Labute approximate surface area is 129 Å². The van der Waals surface area contributed by atoms with Crippen molar-refractivity contribution in [2.24, 2.45) is 0 Å². The fraction of sp³-hybridized carbons (Fsp3) is 0.667. The highest BCUT2D eigenvalue weighted by Gasteiger charge is 2.41. The second kappa shape index (κ2) is 5.85. The van der Waals surface area contributed by atoms with Crippen molar-refractivity contribution in [2.45, 2.75) is 57.2 Å². The maximum Gasteiger partial charge on any atom is 0.263 e. The molecule has 1 aromatic rings. The lowest BCUT2D eigenvalue weighted by molar-refractivity contribution is 0.0958. The third-order valence-corrected chi connectivity index (χ3v) is 5.62. The average molecular weight is 309 g/mol. The topological polar surface area (TPSA) is 78.6 Å². The molecule has 2 aliphatic rings. The number of rotatable bonds is 4. The van der Waals surface area contributed by atoms with Crippen LogP contribution in [0.25, 0.3) is 0 Å². The van der Waals surface area contributed by atoms with E-state index in [0.29, 0.717) is 29.2 Å². The van der Waals surface area contributed by atoms with Crippen LogP contribution in [0, 0.1) is 0 Å². The molecule has 2 fully saturated rings. The van der Waals surface area contributed by atoms with Crippen molar-refractivity contribution in [3.05, 3.63) is 10.9 Å². The van der Waals surface area contributed by atoms with E-state index in [1.165, 1.54) is 11.3 Å². The number of aliphatic hydroxyl groups is 1. The SMILES string of the molecule is CCCNC(=O)c1sc(N2C3CCC2CC(O)C3)cc1N. The number of fused-ring (bicyclic) bond motifs is 2. The second-order valence-electron chi connectivity index (χ2n) is 6.04. The van der Waals surface area contributed by atoms with Gasteiger partial charge in [-0.3, -0.25) is 4.79 Å². The first-order valence-corrected chi connectivity index (χ1v) is 8.55. The van der Waals surface area contributed by atoms with Crippen LogP contribution in [-0.4, -0.2) is 35.7 Å². The largest absolute Gasteiger partial charge is 0.397 e. The van der Waals surface area contributed by atoms with Crippen LogP contribution < -0.4 is 16.0 Å². The van der Waals surface area contributed by atoms with Gasteiger partial charge in [0.25, 0.3) is 5.91 Å². The zero-order valence-electron chi connectivity index (χ0n) is 12.3. The standard InChI is InChI=1S/C15H23N3O2S/c1-2-5-17-15(20)14-12(16)8-13(21-14)18-9-3-4-10(18)7-11(19)6-9/h8-11,19H,2-7,16H2,1H3,(H,17,20). The first kappa shape index (κ1) is 14.7. The molecule has 1 amide bonds. The summed E-state index contributed by atoms with van der Waals surface area (Å²) in [7, 11) is 0. The van der Waals surface area contributed by atoms with E-state index in [1.54, 1.807) is 0 Å². The molecular formula is C15H23N3O2S. The predicted molar refractivity (Wildman–Crippen MR) is 85.9 cm³/mol. The number of anilines is 2. The number of carbonyl (C=O) groups is 1. The van der Waals surface area contributed by atoms with E-state index < -0.39 is 0 Å². The van der Waals surface area contributed by atoms with E-state index in [1.807, 2.05) is 13.0 Å². The fourth-order valence-electron chi connectivity index (χ4n) is 3.52. The van der Waals surface area contributed by atoms with Crippen molar-refractivity contribution < 1.29 is 9.90 Å². The Balaban J connectivity index is 1.80. The Bertz CT molecular complexity index is 517. The first-order chi connectivity index (χ1) is 10.1. The number of nitrogen functional groups attached to an aromatic ring is 1. The number of hydrogen-bond donors (Lipinski definition) is 3. The highest BCUT2D eigenvalue weighted by Crippen LogP contribution is 2.43. The van der Waals surface area contributed by atoms with Crippen molar-refractivity contribution in [3.8, 4) is 0 Å². The smallest absolute Gasteiger partial charge is 0.263 e. The van der Waals surface area contributed by atoms with Gasteiger partial charge in [0.05, 0.1) is 16.8 Å². The molecule has 3 heterocycles. The van der Waals surface area contributed by atoms with E-state index in [2.05, 4.69) is 10.2 Å². The molecule has 2 saturated heterocycles. The highest BCUT2D eigenvalue weighted by molar-refractivity contribution is 7.18. The van der Waals surface area contributed by atoms with Crippen LogP contribution in [0.15, 0.2) is 6.07 Å². The molecule has 1 aromatic heterocycles. The van der Waals surface area contributed by atoms with Gasteiger partial charge < -0.3 is 21.1 Å². The Morgan fingerprint density at radius 2 is 2.14 bits per heavy atom. The number of piperidine rings is 1. The van der Waals surface area contributed by atoms with E-state index in [9.17, 15) is 9.90 Å². The van der Waals surface area contributed by atoms with Gasteiger partial charge in [0, 0.05) is 18.6 Å². The van der Waals surface area contributed by atoms with Gasteiger partial charge in [-0.25, -0.2) is 0 Å². The third kappa shape index (κ3) is 2.74. The second-order valence-corrected chi connectivity index (χ2v) is 7.07. The van der Waals surface area contributed by atoms with Crippen molar-refractivity contribution >= 4 is 27.9 Å². The normalized spacial score (nSPS) is 27.9. The van der Waals surface area contributed by atoms with Crippen molar-refractivity contribution in [2.75, 3.05) is 17.2 Å². The quantitative estimate of drug-likeness (QED) is 0.794. The van der Waals surface area contributed by atoms with Crippen LogP contribution >= 0.6 is 11.3 Å². The van der Waals surface area contributed by atoms with Crippen LogP contribution in [0.2, 0.25) is 0 Å². The third-order valence-electron chi connectivity index (χ3n) is 4.45. The number of aliphatic hydroxyl groups excluding tert-OH is 1. The Morgan fingerprint density at radius 1 is 1.48 bits per heavy atom. The summed E-state index contributed by atoms with van der Waals surface area (Å²) < 4.78 is 0. The lowest BCUT2D eigenvalue weighted by Gasteiger charge is -2.37. The maximum atomic E-state index is 12.1. The molecule has 6 heteroatoms. The van der Waals surface area contributed by atoms with Gasteiger partial charge >= 0.3 is 0 Å². The number of nitrogens with two attached hydrogens (primary N) is 1. The molecule has 0 saturated carbocycles. The van der Waals surface area contributed by atoms with Crippen LogP contribution in [0.1, 0.15) is 48.7 Å². The molecule has 5 nitrogen and oxygen atoms in total. The number of nitrogens with one attached hydrogen (secondary N) is 1. The van der Waals surface area contributed by atoms with Gasteiger partial charge in [0.1, 0.15) is 4.88 Å². The summed E-state index contributed by atoms with van der Waals surface area (Å²) in [5.74, 6) is -0.0741. The number of thiophene rings is 1. The summed E-state index contributed by atoms with van der Waals surface area (Å²) in [4.78, 5) is 15.1. The van der Waals surface area contributed by atoms with E-state index in [-0.39, 0.29) is 12.0 Å². The summed E-state index contributed by atoms with van der Waals surface area (Å²) in [6.07, 6.45) is 4.63. The fourth-order valence-corrected chi connectivity index (χ4v) is 4.66. The van der Waals surface area contributed by atoms with E-state index in [0.717, 1.165) is 37.1 Å². The Kier molecular flexibility index (Phi) is 4.08. The van der Waals surface area contributed by atoms with E-state index >= 15 is 0 Å². The average Bonchev–Trinajstić information content (AvgIpc) is 2.94. The monoisotopic (exact) mass is 309 g/mol. The summed E-state index contributed by atoms with van der Waals surface area (Å²) in [5.41, 5.74) is 6.60. The highest BCUT2D eigenvalue weighted by atomic mass is 32.1. The summed E-state index contributed by atoms with van der Waals surface area (Å²) >= 11 is 1.48. The van der Waals surface area contributed by atoms with Crippen LogP contribution in [0.5, 0.6) is 0 Å². The van der Waals surface area contributed by atoms with Gasteiger partial charge in [-0.1, -0.05) is 6.92 Å². The molecule has 0 aliphatic carbocycles. The molecule has 0 spiro atoms. The van der Waals surface area contributed by atoms with Gasteiger partial charge in [0.15, 0.2) is 0 Å². The van der Waals surface area contributed by atoms with Crippen LogP contribution in [-0.2, 0) is 0 Å². The number of nitrogens with zero attached hydrogens (tertiary/aromatic N) is 1. The molecule has 3 rings (SSSR count). The molecule has 21 heavy (non-hydrogen) atoms. The van der Waals surface area contributed by atoms with Crippen LogP contribution in [0.3, 0.4) is 0 Å². The lowest BCUT2D eigenvalue weighted by atomic mass is 10.0. The Morgan fingerprint density at radius 3 is 2.76 bits per heavy atom. The lowest BCUT2D eigenvalue weighted by Crippen LogP contribution is -2.44. The minimum atomic E-state index is -0.177. The summed E-state index contributed by atoms with van der Waals surface area (Å²) in [6, 6.07) is 2.71.